The molecule has 1 fully saturated rings. The monoisotopic (exact) mass is 170 g/mol. The summed E-state index contributed by atoms with van der Waals surface area (Å²) < 4.78 is 0. The van der Waals surface area contributed by atoms with E-state index in [1.165, 1.54) is 45.1 Å². The number of rotatable bonds is 3. The molecule has 1 saturated heterocycles. The highest BCUT2D eigenvalue weighted by Crippen LogP contribution is 2.16. The normalized spacial score (nSPS) is 25.8. The quantitative estimate of drug-likeness (QED) is 0.666. The van der Waals surface area contributed by atoms with Gasteiger partial charge in [-0.1, -0.05) is 13.8 Å². The third-order valence-corrected chi connectivity index (χ3v) is 3.37. The van der Waals surface area contributed by atoms with E-state index in [2.05, 4.69) is 19.2 Å². The highest BCUT2D eigenvalue weighted by Gasteiger charge is 2.22. The fourth-order valence-electron chi connectivity index (χ4n) is 2.47. The summed E-state index contributed by atoms with van der Waals surface area (Å²) in [5.74, 6) is 0.975. The Labute approximate surface area is 76.9 Å². The molecule has 0 amide bonds. The van der Waals surface area contributed by atoms with Crippen molar-refractivity contribution >= 4 is 0 Å². The van der Waals surface area contributed by atoms with E-state index in [9.17, 15) is 0 Å². The summed E-state index contributed by atoms with van der Waals surface area (Å²) in [6.07, 6.45) is 8.59. The Morgan fingerprint density at radius 3 is 2.58 bits per heavy atom. The van der Waals surface area contributed by atoms with E-state index in [-0.39, 0.29) is 0 Å². The van der Waals surface area contributed by atoms with Crippen molar-refractivity contribution in [2.24, 2.45) is 5.92 Å². The van der Waals surface area contributed by atoms with Gasteiger partial charge in [0.2, 0.25) is 0 Å². The lowest BCUT2D eigenvalue weighted by Gasteiger charge is -2.21. The van der Waals surface area contributed by atoms with Crippen LogP contribution >= 0.6 is 0 Å². The Balaban J connectivity index is 2.35. The van der Waals surface area contributed by atoms with Crippen LogP contribution < -0.4 is 5.32 Å². The zero-order chi connectivity index (χ0) is 8.81. The largest absolute Gasteiger partial charge is 0.344 e. The zero-order valence-electron chi connectivity index (χ0n) is 8.68. The van der Waals surface area contributed by atoms with Crippen molar-refractivity contribution in [1.82, 2.24) is 0 Å². The highest BCUT2D eigenvalue weighted by atomic mass is 14.9. The first-order chi connectivity index (χ1) is 5.88. The van der Waals surface area contributed by atoms with E-state index in [0.29, 0.717) is 0 Å². The molecule has 2 N–H and O–H groups in total. The molecule has 1 nitrogen and oxygen atoms in total. The lowest BCUT2D eigenvalue weighted by molar-refractivity contribution is -0.694. The highest BCUT2D eigenvalue weighted by molar-refractivity contribution is 4.67. The minimum absolute atomic E-state index is 0.947. The van der Waals surface area contributed by atoms with E-state index < -0.39 is 0 Å². The van der Waals surface area contributed by atoms with Gasteiger partial charge in [-0.2, -0.15) is 0 Å². The van der Waals surface area contributed by atoms with Gasteiger partial charge in [0.1, 0.15) is 0 Å². The number of hydrogen-bond acceptors (Lipinski definition) is 0. The van der Waals surface area contributed by atoms with Gasteiger partial charge in [-0.15, -0.1) is 0 Å². The summed E-state index contributed by atoms with van der Waals surface area (Å²) in [5, 5.41) is 2.60. The molecule has 1 aliphatic heterocycles. The smallest absolute Gasteiger partial charge is 0.0887 e. The van der Waals surface area contributed by atoms with Crippen LogP contribution in [-0.2, 0) is 0 Å². The Bertz CT molecular complexity index is 99.6. The van der Waals surface area contributed by atoms with Crippen LogP contribution in [0.4, 0.5) is 0 Å². The van der Waals surface area contributed by atoms with Crippen LogP contribution in [0.15, 0.2) is 0 Å². The fourth-order valence-corrected chi connectivity index (χ4v) is 2.47. The average molecular weight is 170 g/mol. The first-order valence-electron chi connectivity index (χ1n) is 5.71. The van der Waals surface area contributed by atoms with Gasteiger partial charge in [0, 0.05) is 5.92 Å². The minimum Gasteiger partial charge on any atom is -0.344 e. The minimum atomic E-state index is 0.947. The van der Waals surface area contributed by atoms with Gasteiger partial charge in [0.15, 0.2) is 0 Å². The Hall–Kier alpha value is -0.0400. The first-order valence-corrected chi connectivity index (χ1v) is 5.71. The molecule has 0 aromatic rings. The second kappa shape index (κ2) is 5.58. The SMILES string of the molecule is CCC(CC)[C@@H]1CCCCC[NH2+]1. The Morgan fingerprint density at radius 2 is 1.92 bits per heavy atom. The molecule has 0 unspecified atom stereocenters. The second-order valence-corrected chi connectivity index (χ2v) is 4.11. The number of quaternary nitrogens is 1. The lowest BCUT2D eigenvalue weighted by Crippen LogP contribution is -2.91. The number of hydrogen-bond donors (Lipinski definition) is 1. The summed E-state index contributed by atoms with van der Waals surface area (Å²) in [7, 11) is 0. The Morgan fingerprint density at radius 1 is 1.17 bits per heavy atom. The van der Waals surface area contributed by atoms with Crippen molar-refractivity contribution in [2.75, 3.05) is 6.54 Å². The summed E-state index contributed by atoms with van der Waals surface area (Å²) >= 11 is 0. The molecular weight excluding hydrogens is 146 g/mol. The van der Waals surface area contributed by atoms with Crippen LogP contribution in [0.25, 0.3) is 0 Å². The maximum Gasteiger partial charge on any atom is 0.0887 e. The topological polar surface area (TPSA) is 16.6 Å². The van der Waals surface area contributed by atoms with E-state index in [4.69, 9.17) is 0 Å². The van der Waals surface area contributed by atoms with Crippen LogP contribution in [0.3, 0.4) is 0 Å². The standard InChI is InChI=1S/C11H23N/c1-3-10(4-2)11-8-6-5-7-9-12-11/h10-12H,3-9H2,1-2H3/p+1/t11-/m0/s1. The molecule has 0 aromatic heterocycles. The van der Waals surface area contributed by atoms with Crippen LogP contribution in [0, 0.1) is 5.92 Å². The van der Waals surface area contributed by atoms with Crippen LogP contribution in [-0.4, -0.2) is 12.6 Å². The second-order valence-electron chi connectivity index (χ2n) is 4.11. The predicted molar refractivity (Wildman–Crippen MR) is 53.1 cm³/mol. The van der Waals surface area contributed by atoms with Gasteiger partial charge in [0.05, 0.1) is 12.6 Å². The maximum absolute atomic E-state index is 2.60. The summed E-state index contributed by atoms with van der Waals surface area (Å²) in [5.41, 5.74) is 0. The molecule has 0 aromatic carbocycles. The molecule has 1 heteroatoms. The van der Waals surface area contributed by atoms with Gasteiger partial charge >= 0.3 is 0 Å². The third kappa shape index (κ3) is 2.78. The molecule has 0 spiro atoms. The van der Waals surface area contributed by atoms with E-state index in [1.807, 2.05) is 0 Å². The van der Waals surface area contributed by atoms with Crippen molar-refractivity contribution in [3.8, 4) is 0 Å². The van der Waals surface area contributed by atoms with Crippen molar-refractivity contribution in [3.05, 3.63) is 0 Å². The summed E-state index contributed by atoms with van der Waals surface area (Å²) in [6, 6.07) is 0.947. The van der Waals surface area contributed by atoms with E-state index >= 15 is 0 Å². The molecule has 72 valence electrons. The Kier molecular flexibility index (Phi) is 4.67. The van der Waals surface area contributed by atoms with Crippen molar-refractivity contribution in [1.29, 1.82) is 0 Å². The fraction of sp³-hybridized carbons (Fsp3) is 1.00. The van der Waals surface area contributed by atoms with Crippen LogP contribution in [0.5, 0.6) is 0 Å². The molecule has 0 aliphatic carbocycles. The van der Waals surface area contributed by atoms with Gasteiger partial charge in [-0.25, -0.2) is 0 Å². The van der Waals surface area contributed by atoms with Gasteiger partial charge < -0.3 is 5.32 Å². The van der Waals surface area contributed by atoms with E-state index in [0.717, 1.165) is 12.0 Å². The first kappa shape index (κ1) is 10.0. The average Bonchev–Trinajstić information content (AvgIpc) is 2.35. The van der Waals surface area contributed by atoms with Gasteiger partial charge in [-0.05, 0) is 38.5 Å². The summed E-state index contributed by atoms with van der Waals surface area (Å²) in [6.45, 7) is 6.06. The molecule has 1 heterocycles. The van der Waals surface area contributed by atoms with Gasteiger partial charge in [0.25, 0.3) is 0 Å². The van der Waals surface area contributed by atoms with Crippen LogP contribution in [0.2, 0.25) is 0 Å². The van der Waals surface area contributed by atoms with Crippen molar-refractivity contribution in [3.63, 3.8) is 0 Å². The third-order valence-electron chi connectivity index (χ3n) is 3.37. The molecule has 1 rings (SSSR count). The predicted octanol–water partition coefficient (Wildman–Crippen LogP) is 1.93. The zero-order valence-corrected chi connectivity index (χ0v) is 8.68. The van der Waals surface area contributed by atoms with Crippen molar-refractivity contribution in [2.45, 2.75) is 58.4 Å². The lowest BCUT2D eigenvalue weighted by atomic mass is 9.91. The molecule has 1 atom stereocenters. The van der Waals surface area contributed by atoms with E-state index in [1.54, 1.807) is 0 Å². The molecule has 0 radical (unpaired) electrons. The number of nitrogens with two attached hydrogens (primary N) is 1. The van der Waals surface area contributed by atoms with Crippen LogP contribution in [0.1, 0.15) is 52.4 Å². The molecule has 1 aliphatic rings. The molecule has 0 saturated carbocycles. The summed E-state index contributed by atoms with van der Waals surface area (Å²) in [4.78, 5) is 0. The molecule has 0 bridgehead atoms. The maximum atomic E-state index is 2.60. The van der Waals surface area contributed by atoms with Crippen molar-refractivity contribution < 1.29 is 5.32 Å². The molecular formula is C11H24N+. The molecule has 12 heavy (non-hydrogen) atoms. The van der Waals surface area contributed by atoms with Gasteiger partial charge in [-0.3, -0.25) is 0 Å².